The molecule has 0 radical (unpaired) electrons. The maximum atomic E-state index is 13.3. The molecular formula is C25H34N8O7S. The van der Waals surface area contributed by atoms with Gasteiger partial charge in [-0.15, -0.1) is 10.2 Å². The molecule has 2 unspecified atom stereocenters. The Kier molecular flexibility index (Phi) is 11.4. The molecule has 3 rings (SSSR count). The summed E-state index contributed by atoms with van der Waals surface area (Å²) < 4.78 is 13.3. The van der Waals surface area contributed by atoms with Crippen LogP contribution in [0.5, 0.6) is 0 Å². The highest BCUT2D eigenvalue weighted by Crippen LogP contribution is 2.26. The smallest absolute Gasteiger partial charge is 0.303 e. The number of aromatic nitrogens is 4. The van der Waals surface area contributed by atoms with Gasteiger partial charge in [0, 0.05) is 17.9 Å². The summed E-state index contributed by atoms with van der Waals surface area (Å²) in [7, 11) is -1.50. The Balaban J connectivity index is 1.68. The van der Waals surface area contributed by atoms with Crippen molar-refractivity contribution in [3.8, 4) is 0 Å². The third kappa shape index (κ3) is 8.89. The Morgan fingerprint density at radius 1 is 1.15 bits per heavy atom. The van der Waals surface area contributed by atoms with Gasteiger partial charge >= 0.3 is 5.97 Å². The van der Waals surface area contributed by atoms with Crippen molar-refractivity contribution in [2.75, 3.05) is 13.1 Å². The van der Waals surface area contributed by atoms with Crippen LogP contribution in [0.1, 0.15) is 45.4 Å². The minimum atomic E-state index is -1.50. The number of benzene rings is 1. The van der Waals surface area contributed by atoms with E-state index in [0.717, 1.165) is 0 Å². The lowest BCUT2D eigenvalue weighted by Gasteiger charge is -2.26. The molecule has 1 aromatic heterocycles. The van der Waals surface area contributed by atoms with Gasteiger partial charge in [0.1, 0.15) is 12.1 Å². The van der Waals surface area contributed by atoms with E-state index >= 15 is 0 Å². The van der Waals surface area contributed by atoms with Crippen LogP contribution in [0, 0.1) is 5.92 Å². The van der Waals surface area contributed by atoms with Crippen LogP contribution >= 0.6 is 0 Å². The second kappa shape index (κ2) is 15.0. The number of aliphatic carboxylic acids is 1. The van der Waals surface area contributed by atoms with E-state index < -0.39 is 64.3 Å². The van der Waals surface area contributed by atoms with Crippen molar-refractivity contribution in [3.05, 3.63) is 36.2 Å². The largest absolute Gasteiger partial charge is 0.481 e. The van der Waals surface area contributed by atoms with Crippen LogP contribution in [-0.4, -0.2) is 94.9 Å². The summed E-state index contributed by atoms with van der Waals surface area (Å²) in [4.78, 5) is 64.2. The quantitative estimate of drug-likeness (QED) is 0.183. The first-order valence-electron chi connectivity index (χ1n) is 13.1. The van der Waals surface area contributed by atoms with E-state index in [2.05, 4.69) is 36.6 Å². The molecule has 41 heavy (non-hydrogen) atoms. The zero-order valence-corrected chi connectivity index (χ0v) is 23.6. The van der Waals surface area contributed by atoms with Crippen molar-refractivity contribution >= 4 is 40.4 Å². The molecule has 5 atom stereocenters. The number of carboxylic acid groups (broad SMARTS) is 1. The molecule has 0 bridgehead atoms. The molecule has 0 saturated carbocycles. The van der Waals surface area contributed by atoms with Gasteiger partial charge in [0.25, 0.3) is 0 Å². The summed E-state index contributed by atoms with van der Waals surface area (Å²) in [6, 6.07) is 6.79. The lowest BCUT2D eigenvalue weighted by molar-refractivity contribution is -0.140. The number of aromatic amines is 1. The van der Waals surface area contributed by atoms with Gasteiger partial charge in [0.05, 0.1) is 35.6 Å². The van der Waals surface area contributed by atoms with Gasteiger partial charge in [0.2, 0.25) is 23.6 Å². The second-order valence-corrected chi connectivity index (χ2v) is 11.4. The van der Waals surface area contributed by atoms with Crippen molar-refractivity contribution in [2.45, 2.75) is 68.3 Å². The van der Waals surface area contributed by atoms with E-state index in [-0.39, 0.29) is 44.1 Å². The fourth-order valence-electron chi connectivity index (χ4n) is 4.31. The highest BCUT2D eigenvalue weighted by molar-refractivity contribution is 7.85. The maximum Gasteiger partial charge on any atom is 0.303 e. The number of rotatable bonds is 14. The number of hydrogen-bond donors (Lipinski definition) is 5. The highest BCUT2D eigenvalue weighted by Gasteiger charge is 2.42. The SMILES string of the molecule is CC[C@H](C)[C@H](NC(=O)CCC(=O)O)C(=O)NCC(=O)N1C[C@H](S(=O)c2ccccc2)CC1C(=O)NCc1nn[nH]n1. The van der Waals surface area contributed by atoms with Crippen LogP contribution in [0.25, 0.3) is 0 Å². The second-order valence-electron chi connectivity index (χ2n) is 9.62. The number of nitrogens with one attached hydrogen (secondary N) is 4. The molecule has 1 fully saturated rings. The topological polar surface area (TPSA) is 216 Å². The average molecular weight is 591 g/mol. The first-order chi connectivity index (χ1) is 19.6. The number of carbonyl (C=O) groups excluding carboxylic acids is 4. The van der Waals surface area contributed by atoms with Crippen molar-refractivity contribution < 1.29 is 33.3 Å². The molecule has 0 spiro atoms. The van der Waals surface area contributed by atoms with Crippen molar-refractivity contribution in [1.29, 1.82) is 0 Å². The van der Waals surface area contributed by atoms with Gasteiger partial charge in [-0.2, -0.15) is 5.21 Å². The summed E-state index contributed by atoms with van der Waals surface area (Å²) in [5.74, 6) is -3.46. The Hall–Kier alpha value is -4.21. The molecule has 16 heteroatoms. The molecule has 222 valence electrons. The molecule has 1 aliphatic heterocycles. The third-order valence-corrected chi connectivity index (χ3v) is 8.45. The first kappa shape index (κ1) is 31.3. The minimum absolute atomic E-state index is 0.0250. The molecule has 2 heterocycles. The zero-order chi connectivity index (χ0) is 29.9. The van der Waals surface area contributed by atoms with E-state index in [9.17, 15) is 28.2 Å². The predicted octanol–water partition coefficient (Wildman–Crippen LogP) is -0.895. The summed E-state index contributed by atoms with van der Waals surface area (Å²) in [6.45, 7) is 3.11. The highest BCUT2D eigenvalue weighted by atomic mass is 32.2. The Morgan fingerprint density at radius 3 is 2.51 bits per heavy atom. The lowest BCUT2D eigenvalue weighted by Crippen LogP contribution is -2.53. The van der Waals surface area contributed by atoms with E-state index in [0.29, 0.717) is 11.3 Å². The summed E-state index contributed by atoms with van der Waals surface area (Å²) in [5, 5.41) is 29.3. The fraction of sp³-hybridized carbons (Fsp3) is 0.520. The molecule has 2 aromatic rings. The Bertz CT molecular complexity index is 1240. The Labute approximate surface area is 238 Å². The molecule has 4 amide bonds. The van der Waals surface area contributed by atoms with Crippen molar-refractivity contribution in [3.63, 3.8) is 0 Å². The number of carboxylic acids is 1. The Morgan fingerprint density at radius 2 is 1.88 bits per heavy atom. The van der Waals surface area contributed by atoms with E-state index in [4.69, 9.17) is 5.11 Å². The number of tetrazole rings is 1. The molecule has 1 aliphatic rings. The number of nitrogens with zero attached hydrogens (tertiary/aromatic N) is 4. The predicted molar refractivity (Wildman–Crippen MR) is 144 cm³/mol. The maximum absolute atomic E-state index is 13.3. The number of hydrogen-bond acceptors (Lipinski definition) is 9. The van der Waals surface area contributed by atoms with Gasteiger partial charge in [-0.1, -0.05) is 43.7 Å². The minimum Gasteiger partial charge on any atom is -0.481 e. The van der Waals surface area contributed by atoms with E-state index in [1.165, 1.54) is 4.90 Å². The molecule has 5 N–H and O–H groups in total. The van der Waals surface area contributed by atoms with Crippen molar-refractivity contribution in [1.82, 2.24) is 41.5 Å². The number of likely N-dealkylation sites (tertiary alicyclic amines) is 1. The van der Waals surface area contributed by atoms with Gasteiger partial charge in [-0.3, -0.25) is 28.2 Å². The monoisotopic (exact) mass is 590 g/mol. The zero-order valence-electron chi connectivity index (χ0n) is 22.7. The molecular weight excluding hydrogens is 556 g/mol. The van der Waals surface area contributed by atoms with Crippen LogP contribution in [0.4, 0.5) is 0 Å². The summed E-state index contributed by atoms with van der Waals surface area (Å²) in [6.07, 6.45) is 0.0000349. The van der Waals surface area contributed by atoms with Gasteiger partial charge < -0.3 is 26.0 Å². The third-order valence-electron chi connectivity index (χ3n) is 6.77. The van der Waals surface area contributed by atoms with E-state index in [1.54, 1.807) is 37.3 Å². The molecule has 15 nitrogen and oxygen atoms in total. The normalized spacial score (nSPS) is 18.6. The van der Waals surface area contributed by atoms with Crippen LogP contribution in [0.3, 0.4) is 0 Å². The van der Waals surface area contributed by atoms with Crippen LogP contribution in [-0.2, 0) is 41.3 Å². The summed E-state index contributed by atoms with van der Waals surface area (Å²) in [5.41, 5.74) is 0. The number of amides is 4. The van der Waals surface area contributed by atoms with Gasteiger partial charge in [-0.05, 0) is 24.5 Å². The first-order valence-corrected chi connectivity index (χ1v) is 14.4. The molecule has 1 saturated heterocycles. The number of H-pyrrole nitrogens is 1. The molecule has 0 aliphatic carbocycles. The van der Waals surface area contributed by atoms with Gasteiger partial charge in [-0.25, -0.2) is 0 Å². The molecule has 1 aromatic carbocycles. The standard InChI is InChI=1S/C25H34N8O7S/c1-3-15(2)23(28-20(34)9-10-22(36)37)25(39)27-13-21(35)33-14-17(41(40)16-7-5-4-6-8-16)11-18(33)24(38)26-12-19-29-31-32-30-19/h4-8,15,17-18,23H,3,9-14H2,1-2H3,(H,26,38)(H,27,39)(H,28,34)(H,36,37)(H,29,30,31,32)/t15-,17+,18?,23-,41?/m0/s1. The average Bonchev–Trinajstić information content (AvgIpc) is 3.66. The fourth-order valence-corrected chi connectivity index (χ4v) is 5.77. The van der Waals surface area contributed by atoms with Crippen LogP contribution < -0.4 is 16.0 Å². The van der Waals surface area contributed by atoms with Crippen molar-refractivity contribution in [2.24, 2.45) is 5.92 Å². The van der Waals surface area contributed by atoms with E-state index in [1.807, 2.05) is 6.92 Å². The summed E-state index contributed by atoms with van der Waals surface area (Å²) >= 11 is 0. The van der Waals surface area contributed by atoms with Crippen LogP contribution in [0.15, 0.2) is 35.2 Å². The van der Waals surface area contributed by atoms with Crippen LogP contribution in [0.2, 0.25) is 0 Å². The number of carbonyl (C=O) groups is 5. The lowest BCUT2D eigenvalue weighted by atomic mass is 9.98. The van der Waals surface area contributed by atoms with Gasteiger partial charge in [0.15, 0.2) is 5.82 Å².